The molecule has 0 aromatic heterocycles. The summed E-state index contributed by atoms with van der Waals surface area (Å²) in [7, 11) is 0. The third-order valence-corrected chi connectivity index (χ3v) is 3.48. The molecule has 0 aliphatic carbocycles. The Bertz CT molecular complexity index is 239. The molecule has 16 heavy (non-hydrogen) atoms. The second-order valence-corrected chi connectivity index (χ2v) is 4.71. The van der Waals surface area contributed by atoms with Crippen LogP contribution in [0.1, 0.15) is 47.0 Å². The van der Waals surface area contributed by atoms with Gasteiger partial charge >= 0.3 is 0 Å². The van der Waals surface area contributed by atoms with Crippen molar-refractivity contribution in [2.45, 2.75) is 53.0 Å². The van der Waals surface area contributed by atoms with E-state index in [4.69, 9.17) is 18.0 Å². The van der Waals surface area contributed by atoms with Crippen LogP contribution in [0, 0.1) is 11.8 Å². The Balaban J connectivity index is 4.37. The van der Waals surface area contributed by atoms with Crippen molar-refractivity contribution in [2.24, 2.45) is 17.6 Å². The Morgan fingerprint density at radius 2 is 1.75 bits per heavy atom. The van der Waals surface area contributed by atoms with Crippen molar-refractivity contribution in [3.8, 4) is 0 Å². The molecule has 3 nitrogen and oxygen atoms in total. The zero-order valence-electron chi connectivity index (χ0n) is 10.7. The summed E-state index contributed by atoms with van der Waals surface area (Å²) in [5.41, 5.74) is 5.54. The molecular weight excluding hydrogens is 220 g/mol. The van der Waals surface area contributed by atoms with Gasteiger partial charge in [0.25, 0.3) is 0 Å². The minimum Gasteiger partial charge on any atom is -0.393 e. The summed E-state index contributed by atoms with van der Waals surface area (Å²) >= 11 is 4.88. The zero-order chi connectivity index (χ0) is 12.7. The maximum Gasteiger partial charge on any atom is 0.230 e. The Morgan fingerprint density at radius 3 is 2.06 bits per heavy atom. The van der Waals surface area contributed by atoms with Crippen molar-refractivity contribution in [2.75, 3.05) is 0 Å². The quantitative estimate of drug-likeness (QED) is 0.675. The van der Waals surface area contributed by atoms with Crippen molar-refractivity contribution in [3.63, 3.8) is 0 Å². The predicted octanol–water partition coefficient (Wildman–Crippen LogP) is 2.24. The number of hydrogen-bond acceptors (Lipinski definition) is 2. The monoisotopic (exact) mass is 244 g/mol. The second-order valence-electron chi connectivity index (χ2n) is 4.24. The second kappa shape index (κ2) is 7.60. The minimum absolute atomic E-state index is 0.0330. The molecule has 0 radical (unpaired) electrons. The first-order chi connectivity index (χ1) is 7.47. The number of nitrogens with two attached hydrogens (primary N) is 1. The van der Waals surface area contributed by atoms with E-state index < -0.39 is 0 Å². The van der Waals surface area contributed by atoms with Crippen LogP contribution >= 0.6 is 12.2 Å². The molecule has 0 aliphatic rings. The highest BCUT2D eigenvalue weighted by molar-refractivity contribution is 7.80. The largest absolute Gasteiger partial charge is 0.393 e. The highest BCUT2D eigenvalue weighted by Gasteiger charge is 2.23. The molecule has 0 rings (SSSR count). The van der Waals surface area contributed by atoms with Gasteiger partial charge in [-0.3, -0.25) is 4.79 Å². The average molecular weight is 244 g/mol. The summed E-state index contributed by atoms with van der Waals surface area (Å²) in [6.07, 6.45) is 2.81. The summed E-state index contributed by atoms with van der Waals surface area (Å²) < 4.78 is 0. The van der Waals surface area contributed by atoms with Gasteiger partial charge in [0.1, 0.15) is 0 Å². The van der Waals surface area contributed by atoms with Gasteiger partial charge in [0, 0.05) is 6.04 Å². The molecule has 0 saturated heterocycles. The van der Waals surface area contributed by atoms with Crippen LogP contribution in [0.15, 0.2) is 0 Å². The fraction of sp³-hybridized carbons (Fsp3) is 0.833. The van der Waals surface area contributed by atoms with E-state index in [0.29, 0.717) is 12.3 Å². The summed E-state index contributed by atoms with van der Waals surface area (Å²) in [4.78, 5) is 12.2. The molecule has 0 bridgehead atoms. The number of carbonyl (C=O) groups is 1. The Morgan fingerprint density at radius 1 is 1.25 bits per heavy atom. The van der Waals surface area contributed by atoms with Gasteiger partial charge in [0.05, 0.1) is 10.9 Å². The molecule has 4 heteroatoms. The molecule has 0 aromatic carbocycles. The zero-order valence-corrected chi connectivity index (χ0v) is 11.6. The van der Waals surface area contributed by atoms with Crippen LogP contribution in [-0.4, -0.2) is 16.9 Å². The van der Waals surface area contributed by atoms with E-state index in [1.807, 2.05) is 13.8 Å². The van der Waals surface area contributed by atoms with Gasteiger partial charge in [-0.25, -0.2) is 0 Å². The van der Waals surface area contributed by atoms with Crippen LogP contribution in [0.5, 0.6) is 0 Å². The first-order valence-electron chi connectivity index (χ1n) is 6.07. The molecule has 1 amide bonds. The van der Waals surface area contributed by atoms with Crippen LogP contribution in [0.4, 0.5) is 0 Å². The summed E-state index contributed by atoms with van der Waals surface area (Å²) in [6, 6.07) is 0.186. The van der Waals surface area contributed by atoms with E-state index in [-0.39, 0.29) is 22.9 Å². The van der Waals surface area contributed by atoms with Crippen LogP contribution in [0.2, 0.25) is 0 Å². The fourth-order valence-electron chi connectivity index (χ4n) is 1.95. The molecule has 0 aromatic rings. The predicted molar refractivity (Wildman–Crippen MR) is 72.2 cm³/mol. The van der Waals surface area contributed by atoms with E-state index in [2.05, 4.69) is 19.2 Å². The van der Waals surface area contributed by atoms with Gasteiger partial charge in [0.15, 0.2) is 0 Å². The number of amides is 1. The maximum absolute atomic E-state index is 11.9. The van der Waals surface area contributed by atoms with Crippen molar-refractivity contribution in [3.05, 3.63) is 0 Å². The van der Waals surface area contributed by atoms with Crippen LogP contribution in [-0.2, 0) is 4.79 Å². The maximum atomic E-state index is 11.9. The first kappa shape index (κ1) is 15.4. The van der Waals surface area contributed by atoms with Crippen LogP contribution < -0.4 is 11.1 Å². The van der Waals surface area contributed by atoms with Gasteiger partial charge < -0.3 is 11.1 Å². The highest BCUT2D eigenvalue weighted by atomic mass is 32.1. The number of thiocarbonyl (C=S) groups is 1. The minimum atomic E-state index is -0.327. The number of hydrogen-bond donors (Lipinski definition) is 2. The molecule has 0 spiro atoms. The number of carbonyl (C=O) groups excluding carboxylic acids is 1. The molecule has 94 valence electrons. The standard InChI is InChI=1S/C12H24N2OS/c1-5-9(6-2)8(4)14-12(15)10(7-3)11(13)16/h8-10H,5-7H2,1-4H3,(H2,13,16)(H,14,15). The third-order valence-electron chi connectivity index (χ3n) is 3.19. The van der Waals surface area contributed by atoms with Gasteiger partial charge in [0.2, 0.25) is 5.91 Å². The Labute approximate surface area is 104 Å². The van der Waals surface area contributed by atoms with Gasteiger partial charge in [-0.15, -0.1) is 0 Å². The van der Waals surface area contributed by atoms with Crippen LogP contribution in [0.25, 0.3) is 0 Å². The van der Waals surface area contributed by atoms with Crippen molar-refractivity contribution in [1.82, 2.24) is 5.32 Å². The smallest absolute Gasteiger partial charge is 0.230 e. The van der Waals surface area contributed by atoms with Crippen molar-refractivity contribution >= 4 is 23.1 Å². The van der Waals surface area contributed by atoms with Crippen LogP contribution in [0.3, 0.4) is 0 Å². The van der Waals surface area contributed by atoms with Gasteiger partial charge in [-0.1, -0.05) is 45.8 Å². The molecule has 0 saturated carbocycles. The Hall–Kier alpha value is -0.640. The van der Waals surface area contributed by atoms with Gasteiger partial charge in [-0.2, -0.15) is 0 Å². The lowest BCUT2D eigenvalue weighted by atomic mass is 9.94. The highest BCUT2D eigenvalue weighted by Crippen LogP contribution is 2.13. The average Bonchev–Trinajstić information content (AvgIpc) is 2.19. The lowest BCUT2D eigenvalue weighted by Gasteiger charge is -2.24. The lowest BCUT2D eigenvalue weighted by Crippen LogP contribution is -2.44. The third kappa shape index (κ3) is 4.47. The molecular formula is C12H24N2OS. The van der Waals surface area contributed by atoms with E-state index in [1.165, 1.54) is 0 Å². The number of nitrogens with one attached hydrogen (secondary N) is 1. The topological polar surface area (TPSA) is 55.1 Å². The summed E-state index contributed by atoms with van der Waals surface area (Å²) in [5.74, 6) is 0.161. The molecule has 3 N–H and O–H groups in total. The fourth-order valence-corrected chi connectivity index (χ4v) is 2.23. The lowest BCUT2D eigenvalue weighted by molar-refractivity contribution is -0.124. The normalized spacial score (nSPS) is 14.6. The molecule has 0 fully saturated rings. The van der Waals surface area contributed by atoms with Gasteiger partial charge in [-0.05, 0) is 19.3 Å². The Kier molecular flexibility index (Phi) is 7.30. The van der Waals surface area contributed by atoms with Crippen molar-refractivity contribution < 1.29 is 4.79 Å². The van der Waals surface area contributed by atoms with E-state index in [9.17, 15) is 4.79 Å². The SMILES string of the molecule is CCC(C(=O)NC(C)C(CC)CC)C(N)=S. The summed E-state index contributed by atoms with van der Waals surface area (Å²) in [5, 5.41) is 3.01. The molecule has 0 heterocycles. The molecule has 2 atom stereocenters. The molecule has 2 unspecified atom stereocenters. The van der Waals surface area contributed by atoms with E-state index in [1.54, 1.807) is 0 Å². The van der Waals surface area contributed by atoms with Crippen molar-refractivity contribution in [1.29, 1.82) is 0 Å². The molecule has 0 aliphatic heterocycles. The summed E-state index contributed by atoms with van der Waals surface area (Å²) in [6.45, 7) is 8.25. The first-order valence-corrected chi connectivity index (χ1v) is 6.48. The number of rotatable bonds is 7. The van der Waals surface area contributed by atoms with E-state index >= 15 is 0 Å². The van der Waals surface area contributed by atoms with E-state index in [0.717, 1.165) is 12.8 Å².